The lowest BCUT2D eigenvalue weighted by Crippen LogP contribution is -2.52. The quantitative estimate of drug-likeness (QED) is 0.858. The summed E-state index contributed by atoms with van der Waals surface area (Å²) in [5.41, 5.74) is -0.227. The smallest absolute Gasteiger partial charge is 0.329 e. The van der Waals surface area contributed by atoms with Gasteiger partial charge in [0.2, 0.25) is 0 Å². The van der Waals surface area contributed by atoms with Crippen molar-refractivity contribution in [2.24, 2.45) is 0 Å². The molecule has 1 aromatic carbocycles. The predicted molar refractivity (Wildman–Crippen MR) is 65.8 cm³/mol. The van der Waals surface area contributed by atoms with Crippen LogP contribution in [0.15, 0.2) is 24.3 Å². The Labute approximate surface area is 101 Å². The van der Waals surface area contributed by atoms with E-state index in [1.165, 1.54) is 12.1 Å². The molecule has 0 aliphatic heterocycles. The van der Waals surface area contributed by atoms with Gasteiger partial charge in [-0.2, -0.15) is 0 Å². The summed E-state index contributed by atoms with van der Waals surface area (Å²) < 4.78 is 12.8. The first kappa shape index (κ1) is 13.5. The molecule has 0 heterocycles. The Kier molecular flexibility index (Phi) is 4.10. The lowest BCUT2D eigenvalue weighted by atomic mass is 9.90. The maximum Gasteiger partial charge on any atom is 0.329 e. The molecule has 1 aromatic rings. The second kappa shape index (κ2) is 5.17. The van der Waals surface area contributed by atoms with Gasteiger partial charge in [0.25, 0.3) is 0 Å². The van der Waals surface area contributed by atoms with Crippen LogP contribution in [0.3, 0.4) is 0 Å². The molecule has 17 heavy (non-hydrogen) atoms. The van der Waals surface area contributed by atoms with Crippen molar-refractivity contribution in [3.8, 4) is 0 Å². The Morgan fingerprint density at radius 2 is 1.76 bits per heavy atom. The van der Waals surface area contributed by atoms with Gasteiger partial charge >= 0.3 is 5.97 Å². The molecule has 0 atom stereocenters. The molecule has 0 fully saturated rings. The Balaban J connectivity index is 3.12. The lowest BCUT2D eigenvalue weighted by molar-refractivity contribution is -0.143. The molecule has 0 saturated heterocycles. The third kappa shape index (κ3) is 2.40. The average Bonchev–Trinajstić information content (AvgIpc) is 2.31. The van der Waals surface area contributed by atoms with Crippen molar-refractivity contribution in [2.45, 2.75) is 32.2 Å². The van der Waals surface area contributed by atoms with Crippen molar-refractivity contribution in [3.63, 3.8) is 0 Å². The summed E-state index contributed by atoms with van der Waals surface area (Å²) in [5, 5.41) is 9.39. The van der Waals surface area contributed by atoms with Gasteiger partial charge in [-0.3, -0.25) is 0 Å². The standard InChI is InChI=1S/C13H18FNO2/c1-4-13(5-2,12(16)17)15(3)11-8-6-10(14)7-9-11/h6-9H,4-5H2,1-3H3,(H,16,17). The highest BCUT2D eigenvalue weighted by atomic mass is 19.1. The zero-order valence-corrected chi connectivity index (χ0v) is 10.4. The van der Waals surface area contributed by atoms with Gasteiger partial charge in [-0.15, -0.1) is 0 Å². The van der Waals surface area contributed by atoms with E-state index in [4.69, 9.17) is 0 Å². The van der Waals surface area contributed by atoms with Gasteiger partial charge in [0, 0.05) is 12.7 Å². The minimum Gasteiger partial charge on any atom is -0.479 e. The fourth-order valence-corrected chi connectivity index (χ4v) is 2.08. The van der Waals surface area contributed by atoms with E-state index in [2.05, 4.69) is 0 Å². The van der Waals surface area contributed by atoms with E-state index in [0.717, 1.165) is 0 Å². The monoisotopic (exact) mass is 239 g/mol. The summed E-state index contributed by atoms with van der Waals surface area (Å²) in [6.45, 7) is 3.69. The third-order valence-corrected chi connectivity index (χ3v) is 3.42. The highest BCUT2D eigenvalue weighted by Crippen LogP contribution is 2.28. The summed E-state index contributed by atoms with van der Waals surface area (Å²) in [5.74, 6) is -1.18. The number of hydrogen-bond donors (Lipinski definition) is 1. The number of hydrogen-bond acceptors (Lipinski definition) is 2. The van der Waals surface area contributed by atoms with E-state index in [1.807, 2.05) is 13.8 Å². The third-order valence-electron chi connectivity index (χ3n) is 3.42. The summed E-state index contributed by atoms with van der Waals surface area (Å²) >= 11 is 0. The summed E-state index contributed by atoms with van der Waals surface area (Å²) in [6.07, 6.45) is 0.986. The number of aliphatic carboxylic acids is 1. The second-order valence-corrected chi connectivity index (χ2v) is 4.08. The van der Waals surface area contributed by atoms with E-state index in [1.54, 1.807) is 24.1 Å². The summed E-state index contributed by atoms with van der Waals surface area (Å²) in [7, 11) is 1.73. The van der Waals surface area contributed by atoms with Gasteiger partial charge < -0.3 is 10.0 Å². The van der Waals surface area contributed by atoms with Crippen LogP contribution >= 0.6 is 0 Å². The van der Waals surface area contributed by atoms with E-state index in [0.29, 0.717) is 18.5 Å². The number of carboxylic acids is 1. The molecule has 0 amide bonds. The first-order chi connectivity index (χ1) is 7.97. The van der Waals surface area contributed by atoms with E-state index >= 15 is 0 Å². The van der Waals surface area contributed by atoms with Crippen molar-refractivity contribution in [1.82, 2.24) is 0 Å². The van der Waals surface area contributed by atoms with Gasteiger partial charge in [-0.1, -0.05) is 13.8 Å². The Bertz CT molecular complexity index is 385. The predicted octanol–water partition coefficient (Wildman–Crippen LogP) is 2.91. The Hall–Kier alpha value is -1.58. The van der Waals surface area contributed by atoms with Crippen LogP contribution in [-0.2, 0) is 4.79 Å². The molecule has 94 valence electrons. The number of rotatable bonds is 5. The molecule has 0 bridgehead atoms. The number of carbonyl (C=O) groups is 1. The molecule has 0 saturated carbocycles. The van der Waals surface area contributed by atoms with Crippen LogP contribution in [0.25, 0.3) is 0 Å². The fourth-order valence-electron chi connectivity index (χ4n) is 2.08. The molecule has 0 aliphatic rings. The van der Waals surface area contributed by atoms with E-state index in [9.17, 15) is 14.3 Å². The molecular weight excluding hydrogens is 221 g/mol. The van der Waals surface area contributed by atoms with Gasteiger partial charge in [0.05, 0.1) is 0 Å². The zero-order chi connectivity index (χ0) is 13.1. The largest absolute Gasteiger partial charge is 0.479 e. The first-order valence-electron chi connectivity index (χ1n) is 5.70. The van der Waals surface area contributed by atoms with Gasteiger partial charge in [-0.05, 0) is 37.1 Å². The Morgan fingerprint density at radius 1 is 1.29 bits per heavy atom. The molecule has 0 unspecified atom stereocenters. The minimum absolute atomic E-state index is 0.323. The molecular formula is C13H18FNO2. The van der Waals surface area contributed by atoms with Crippen LogP contribution in [-0.4, -0.2) is 23.7 Å². The zero-order valence-electron chi connectivity index (χ0n) is 10.4. The van der Waals surface area contributed by atoms with Crippen molar-refractivity contribution in [1.29, 1.82) is 0 Å². The normalized spacial score (nSPS) is 11.3. The second-order valence-electron chi connectivity index (χ2n) is 4.08. The number of halogens is 1. The van der Waals surface area contributed by atoms with Crippen LogP contribution in [0.4, 0.5) is 10.1 Å². The van der Waals surface area contributed by atoms with Crippen molar-refractivity contribution >= 4 is 11.7 Å². The number of carboxylic acid groups (broad SMARTS) is 1. The SMILES string of the molecule is CCC(CC)(C(=O)O)N(C)c1ccc(F)cc1. The van der Waals surface area contributed by atoms with Crippen molar-refractivity contribution in [3.05, 3.63) is 30.1 Å². The molecule has 3 nitrogen and oxygen atoms in total. The summed E-state index contributed by atoms with van der Waals surface area (Å²) in [4.78, 5) is 13.2. The number of nitrogens with zero attached hydrogens (tertiary/aromatic N) is 1. The molecule has 0 aromatic heterocycles. The maximum absolute atomic E-state index is 12.8. The first-order valence-corrected chi connectivity index (χ1v) is 5.70. The number of benzene rings is 1. The van der Waals surface area contributed by atoms with Crippen LogP contribution in [0.5, 0.6) is 0 Å². The minimum atomic E-state index is -0.933. The maximum atomic E-state index is 12.8. The van der Waals surface area contributed by atoms with E-state index < -0.39 is 11.5 Å². The van der Waals surface area contributed by atoms with Crippen LogP contribution in [0.1, 0.15) is 26.7 Å². The van der Waals surface area contributed by atoms with Gasteiger partial charge in [0.15, 0.2) is 0 Å². The van der Waals surface area contributed by atoms with Crippen molar-refractivity contribution < 1.29 is 14.3 Å². The number of likely N-dealkylation sites (N-methyl/N-ethyl adjacent to an activating group) is 1. The van der Waals surface area contributed by atoms with E-state index in [-0.39, 0.29) is 5.82 Å². The molecule has 1 rings (SSSR count). The molecule has 0 spiro atoms. The fraction of sp³-hybridized carbons (Fsp3) is 0.462. The van der Waals surface area contributed by atoms with Gasteiger partial charge in [-0.25, -0.2) is 9.18 Å². The van der Waals surface area contributed by atoms with Crippen molar-refractivity contribution in [2.75, 3.05) is 11.9 Å². The van der Waals surface area contributed by atoms with Gasteiger partial charge in [0.1, 0.15) is 11.4 Å². The topological polar surface area (TPSA) is 40.5 Å². The molecule has 0 aliphatic carbocycles. The number of anilines is 1. The Morgan fingerprint density at radius 3 is 2.12 bits per heavy atom. The molecule has 4 heteroatoms. The molecule has 1 N–H and O–H groups in total. The van der Waals surface area contributed by atoms with Crippen LogP contribution in [0.2, 0.25) is 0 Å². The highest BCUT2D eigenvalue weighted by molar-refractivity contribution is 5.83. The highest BCUT2D eigenvalue weighted by Gasteiger charge is 2.39. The average molecular weight is 239 g/mol. The summed E-state index contributed by atoms with van der Waals surface area (Å²) in [6, 6.07) is 5.87. The van der Waals surface area contributed by atoms with Crippen LogP contribution in [0, 0.1) is 5.82 Å². The lowest BCUT2D eigenvalue weighted by Gasteiger charge is -2.38. The van der Waals surface area contributed by atoms with Crippen LogP contribution < -0.4 is 4.90 Å². The molecule has 0 radical (unpaired) electrons.